The number of amides is 1. The minimum atomic E-state index is -1.35. The fraction of sp³-hybridized carbons (Fsp3) is 0.353. The third-order valence-electron chi connectivity index (χ3n) is 3.47. The van der Waals surface area contributed by atoms with Gasteiger partial charge in [-0.15, -0.1) is 0 Å². The maximum absolute atomic E-state index is 13.5. The number of carbonyl (C=O) groups excluding carboxylic acids is 2. The number of ketones is 1. The van der Waals surface area contributed by atoms with Crippen molar-refractivity contribution in [2.24, 2.45) is 0 Å². The van der Waals surface area contributed by atoms with Crippen molar-refractivity contribution in [2.75, 3.05) is 5.32 Å². The fourth-order valence-electron chi connectivity index (χ4n) is 2.21. The van der Waals surface area contributed by atoms with Crippen LogP contribution in [-0.2, 0) is 22.7 Å². The van der Waals surface area contributed by atoms with Crippen LogP contribution in [-0.4, -0.2) is 21.7 Å². The molecular weight excluding hydrogens is 351 g/mol. The van der Waals surface area contributed by atoms with Gasteiger partial charge in [0.15, 0.2) is 11.6 Å². The minimum Gasteiger partial charge on any atom is -0.444 e. The molecule has 1 aromatic heterocycles. The Bertz CT molecular complexity index is 793. The Morgan fingerprint density at radius 1 is 1.23 bits per heavy atom. The van der Waals surface area contributed by atoms with E-state index in [2.05, 4.69) is 10.4 Å². The summed E-state index contributed by atoms with van der Waals surface area (Å²) in [6.45, 7) is 1.49. The number of anilines is 1. The highest BCUT2D eigenvalue weighted by atomic mass is 19.2. The van der Waals surface area contributed by atoms with Crippen LogP contribution in [0.3, 0.4) is 0 Å². The topological polar surface area (TPSA) is 73.2 Å². The van der Waals surface area contributed by atoms with Gasteiger partial charge in [0.1, 0.15) is 18.2 Å². The summed E-state index contributed by atoms with van der Waals surface area (Å²) in [6, 6.07) is 1.16. The summed E-state index contributed by atoms with van der Waals surface area (Å²) in [4.78, 5) is 22.5. The summed E-state index contributed by atoms with van der Waals surface area (Å²) in [5, 5.41) is 6.43. The van der Waals surface area contributed by atoms with Crippen molar-refractivity contribution in [3.63, 3.8) is 0 Å². The fourth-order valence-corrected chi connectivity index (χ4v) is 2.21. The Morgan fingerprint density at radius 2 is 2.00 bits per heavy atom. The number of aryl methyl sites for hydroxylation is 1. The molecule has 0 aliphatic heterocycles. The van der Waals surface area contributed by atoms with Gasteiger partial charge in [-0.05, 0) is 25.8 Å². The highest BCUT2D eigenvalue weighted by Gasteiger charge is 2.13. The lowest BCUT2D eigenvalue weighted by Gasteiger charge is -2.07. The summed E-state index contributed by atoms with van der Waals surface area (Å²) in [6.07, 6.45) is 4.07. The van der Waals surface area contributed by atoms with E-state index >= 15 is 0 Å². The Labute approximate surface area is 147 Å². The van der Waals surface area contributed by atoms with Gasteiger partial charge in [0, 0.05) is 30.8 Å². The van der Waals surface area contributed by atoms with Gasteiger partial charge >= 0.3 is 6.09 Å². The van der Waals surface area contributed by atoms with E-state index in [1.165, 1.54) is 13.1 Å². The van der Waals surface area contributed by atoms with E-state index in [0.29, 0.717) is 24.7 Å². The van der Waals surface area contributed by atoms with Gasteiger partial charge in [-0.3, -0.25) is 10.00 Å². The summed E-state index contributed by atoms with van der Waals surface area (Å²) >= 11 is 0. The number of rotatable bonds is 8. The number of nitrogens with zero attached hydrogens (tertiary/aromatic N) is 2. The molecule has 1 aromatic carbocycles. The molecule has 0 saturated heterocycles. The molecule has 6 nitrogen and oxygen atoms in total. The van der Waals surface area contributed by atoms with E-state index in [1.54, 1.807) is 10.9 Å². The zero-order valence-corrected chi connectivity index (χ0v) is 14.1. The van der Waals surface area contributed by atoms with Gasteiger partial charge in [0.2, 0.25) is 0 Å². The van der Waals surface area contributed by atoms with Gasteiger partial charge in [-0.1, -0.05) is 0 Å². The molecule has 2 rings (SSSR count). The van der Waals surface area contributed by atoms with Crippen LogP contribution in [0.1, 0.15) is 31.7 Å². The largest absolute Gasteiger partial charge is 0.444 e. The van der Waals surface area contributed by atoms with E-state index in [-0.39, 0.29) is 5.78 Å². The molecule has 0 fully saturated rings. The SMILES string of the molecule is CC(=O)CCCCn1cc(NC(=O)OCc2cc(F)cc(F)c2F)cn1. The molecule has 0 bridgehead atoms. The molecule has 1 heterocycles. The zero-order valence-electron chi connectivity index (χ0n) is 14.1. The molecule has 0 aliphatic rings. The predicted molar refractivity (Wildman–Crippen MR) is 86.9 cm³/mol. The van der Waals surface area contributed by atoms with Crippen molar-refractivity contribution in [3.05, 3.63) is 47.5 Å². The van der Waals surface area contributed by atoms with Gasteiger partial charge in [0.25, 0.3) is 0 Å². The van der Waals surface area contributed by atoms with Crippen molar-refractivity contribution >= 4 is 17.6 Å². The van der Waals surface area contributed by atoms with E-state index in [4.69, 9.17) is 4.74 Å². The molecule has 9 heteroatoms. The first-order chi connectivity index (χ1) is 12.3. The molecule has 0 radical (unpaired) electrons. The first-order valence-corrected chi connectivity index (χ1v) is 7.94. The van der Waals surface area contributed by atoms with Gasteiger partial charge in [0.05, 0.1) is 11.9 Å². The van der Waals surface area contributed by atoms with Gasteiger partial charge < -0.3 is 9.53 Å². The van der Waals surface area contributed by atoms with E-state index in [1.807, 2.05) is 0 Å². The number of ether oxygens (including phenoxy) is 1. The number of hydrogen-bond donors (Lipinski definition) is 1. The molecule has 0 atom stereocenters. The summed E-state index contributed by atoms with van der Waals surface area (Å²) in [7, 11) is 0. The number of unbranched alkanes of at least 4 members (excludes halogenated alkanes) is 1. The molecule has 26 heavy (non-hydrogen) atoms. The first-order valence-electron chi connectivity index (χ1n) is 7.94. The van der Waals surface area contributed by atoms with Crippen LogP contribution in [0, 0.1) is 17.5 Å². The zero-order chi connectivity index (χ0) is 19.1. The number of hydrogen-bond acceptors (Lipinski definition) is 4. The molecule has 0 unspecified atom stereocenters. The van der Waals surface area contributed by atoms with E-state index in [0.717, 1.165) is 18.9 Å². The second-order valence-corrected chi connectivity index (χ2v) is 5.71. The standard InChI is InChI=1S/C17H18F3N3O3/c1-11(24)4-2-3-5-23-9-14(8-21-23)22-17(25)26-10-12-6-13(18)7-15(19)16(12)20/h6-9H,2-5,10H2,1H3,(H,22,25). The average Bonchev–Trinajstić information content (AvgIpc) is 3.00. The molecule has 1 N–H and O–H groups in total. The van der Waals surface area contributed by atoms with Crippen molar-refractivity contribution in [2.45, 2.75) is 39.3 Å². The lowest BCUT2D eigenvalue weighted by Crippen LogP contribution is -2.14. The molecule has 1 amide bonds. The molecule has 0 saturated carbocycles. The average molecular weight is 369 g/mol. The third kappa shape index (κ3) is 5.91. The normalized spacial score (nSPS) is 10.6. The Kier molecular flexibility index (Phi) is 6.76. The van der Waals surface area contributed by atoms with Gasteiger partial charge in [-0.25, -0.2) is 18.0 Å². The molecule has 0 aliphatic carbocycles. The smallest absolute Gasteiger partial charge is 0.412 e. The highest BCUT2D eigenvalue weighted by molar-refractivity contribution is 5.84. The van der Waals surface area contributed by atoms with Crippen LogP contribution in [0.25, 0.3) is 0 Å². The maximum atomic E-state index is 13.5. The third-order valence-corrected chi connectivity index (χ3v) is 3.47. The van der Waals surface area contributed by atoms with Crippen molar-refractivity contribution in [1.82, 2.24) is 9.78 Å². The van der Waals surface area contributed by atoms with Crippen LogP contribution in [0.15, 0.2) is 24.5 Å². The minimum absolute atomic E-state index is 0.130. The second kappa shape index (κ2) is 9.02. The lowest BCUT2D eigenvalue weighted by atomic mass is 10.2. The summed E-state index contributed by atoms with van der Waals surface area (Å²) in [5.41, 5.74) is -0.0497. The summed E-state index contributed by atoms with van der Waals surface area (Å²) < 4.78 is 46.0. The Hall–Kier alpha value is -2.84. The van der Waals surface area contributed by atoms with Crippen molar-refractivity contribution in [1.29, 1.82) is 0 Å². The Balaban J connectivity index is 1.80. The van der Waals surface area contributed by atoms with Crippen LogP contribution in [0.2, 0.25) is 0 Å². The molecule has 140 valence electrons. The molecular formula is C17H18F3N3O3. The van der Waals surface area contributed by atoms with Gasteiger partial charge in [-0.2, -0.15) is 5.10 Å². The number of aromatic nitrogens is 2. The van der Waals surface area contributed by atoms with Crippen molar-refractivity contribution < 1.29 is 27.5 Å². The maximum Gasteiger partial charge on any atom is 0.412 e. The number of benzene rings is 1. The van der Waals surface area contributed by atoms with E-state index < -0.39 is 35.7 Å². The summed E-state index contributed by atoms with van der Waals surface area (Å²) in [5.74, 6) is -3.45. The number of Topliss-reactive ketones (excluding diaryl/α,β-unsaturated/α-hetero) is 1. The number of nitrogens with one attached hydrogen (secondary N) is 1. The highest BCUT2D eigenvalue weighted by Crippen LogP contribution is 2.16. The van der Waals surface area contributed by atoms with Crippen LogP contribution in [0.4, 0.5) is 23.7 Å². The lowest BCUT2D eigenvalue weighted by molar-refractivity contribution is -0.117. The quantitative estimate of drug-likeness (QED) is 0.567. The van der Waals surface area contributed by atoms with Crippen LogP contribution < -0.4 is 5.32 Å². The number of carbonyl (C=O) groups is 2. The van der Waals surface area contributed by atoms with Crippen molar-refractivity contribution in [3.8, 4) is 0 Å². The monoisotopic (exact) mass is 369 g/mol. The van der Waals surface area contributed by atoms with Crippen LogP contribution >= 0.6 is 0 Å². The van der Waals surface area contributed by atoms with Crippen LogP contribution in [0.5, 0.6) is 0 Å². The molecule has 2 aromatic rings. The van der Waals surface area contributed by atoms with E-state index in [9.17, 15) is 22.8 Å². The Morgan fingerprint density at radius 3 is 2.73 bits per heavy atom. The first kappa shape index (κ1) is 19.5. The number of halogens is 3. The molecule has 0 spiro atoms. The second-order valence-electron chi connectivity index (χ2n) is 5.71. The predicted octanol–water partition coefficient (Wildman–Crippen LogP) is 3.81.